The number of ether oxygens (including phenoxy) is 2. The van der Waals surface area contributed by atoms with Crippen LogP contribution in [0.4, 0.5) is 10.1 Å². The van der Waals surface area contributed by atoms with Crippen molar-refractivity contribution in [3.05, 3.63) is 71.0 Å². The highest BCUT2D eigenvalue weighted by molar-refractivity contribution is 6.31. The molecular formula is C25H23ClFNO5. The minimum atomic E-state index is -1.27. The van der Waals surface area contributed by atoms with Gasteiger partial charge in [-0.15, -0.1) is 0 Å². The SMILES string of the molecule is C=CC1=CCC2C(=O)N(c3ccc(F)c(Cl)c3)C(=O)C2(C)C1c1c(O)cc(OC)cc1OC. The molecule has 3 atom stereocenters. The van der Waals surface area contributed by atoms with Gasteiger partial charge < -0.3 is 14.6 Å². The Morgan fingerprint density at radius 1 is 1.24 bits per heavy atom. The summed E-state index contributed by atoms with van der Waals surface area (Å²) < 4.78 is 24.5. The first-order valence-electron chi connectivity index (χ1n) is 10.3. The maximum absolute atomic E-state index is 13.9. The number of aromatic hydroxyl groups is 1. The van der Waals surface area contributed by atoms with Gasteiger partial charge in [0, 0.05) is 23.6 Å². The van der Waals surface area contributed by atoms with Crippen molar-refractivity contribution in [2.24, 2.45) is 11.3 Å². The van der Waals surface area contributed by atoms with Crippen molar-refractivity contribution in [3.63, 3.8) is 0 Å². The number of amides is 2. The Morgan fingerprint density at radius 3 is 2.58 bits per heavy atom. The predicted octanol–water partition coefficient (Wildman–Crippen LogP) is 5.00. The number of imide groups is 1. The number of nitrogens with zero attached hydrogens (tertiary/aromatic N) is 1. The fourth-order valence-corrected chi connectivity index (χ4v) is 5.17. The minimum Gasteiger partial charge on any atom is -0.507 e. The Balaban J connectivity index is 1.92. The quantitative estimate of drug-likeness (QED) is 0.621. The zero-order valence-electron chi connectivity index (χ0n) is 18.4. The third kappa shape index (κ3) is 3.30. The van der Waals surface area contributed by atoms with Crippen LogP contribution in [0.25, 0.3) is 0 Å². The molecule has 0 saturated carbocycles. The van der Waals surface area contributed by atoms with Crippen LogP contribution in [0.5, 0.6) is 17.2 Å². The molecule has 2 aliphatic rings. The number of halogens is 2. The van der Waals surface area contributed by atoms with E-state index in [4.69, 9.17) is 21.1 Å². The molecule has 0 radical (unpaired) electrons. The second-order valence-corrected chi connectivity index (χ2v) is 8.66. The molecule has 0 spiro atoms. The monoisotopic (exact) mass is 471 g/mol. The Hall–Kier alpha value is -3.32. The molecule has 1 aliphatic carbocycles. The summed E-state index contributed by atoms with van der Waals surface area (Å²) in [6.45, 7) is 5.58. The molecule has 1 heterocycles. The minimum absolute atomic E-state index is 0.130. The average Bonchev–Trinajstić information content (AvgIpc) is 3.00. The van der Waals surface area contributed by atoms with E-state index in [9.17, 15) is 19.1 Å². The molecule has 0 aromatic heterocycles. The van der Waals surface area contributed by atoms with Crippen LogP contribution in [0.3, 0.4) is 0 Å². The Morgan fingerprint density at radius 2 is 1.97 bits per heavy atom. The van der Waals surface area contributed by atoms with Crippen LogP contribution in [-0.4, -0.2) is 31.1 Å². The maximum Gasteiger partial charge on any atom is 0.241 e. The Labute approximate surface area is 195 Å². The fraction of sp³-hybridized carbons (Fsp3) is 0.280. The van der Waals surface area contributed by atoms with Gasteiger partial charge >= 0.3 is 0 Å². The van der Waals surface area contributed by atoms with Crippen molar-refractivity contribution in [1.82, 2.24) is 0 Å². The summed E-state index contributed by atoms with van der Waals surface area (Å²) in [6, 6.07) is 6.77. The van der Waals surface area contributed by atoms with E-state index >= 15 is 0 Å². The van der Waals surface area contributed by atoms with E-state index in [-0.39, 0.29) is 16.5 Å². The van der Waals surface area contributed by atoms with Gasteiger partial charge in [-0.05, 0) is 37.1 Å². The summed E-state index contributed by atoms with van der Waals surface area (Å²) >= 11 is 5.93. The van der Waals surface area contributed by atoms with E-state index in [1.807, 2.05) is 6.08 Å². The van der Waals surface area contributed by atoms with E-state index < -0.39 is 34.9 Å². The molecule has 0 bridgehead atoms. The van der Waals surface area contributed by atoms with Gasteiger partial charge in [0.1, 0.15) is 23.1 Å². The van der Waals surface area contributed by atoms with Crippen molar-refractivity contribution < 1.29 is 28.6 Å². The van der Waals surface area contributed by atoms with Crippen LogP contribution < -0.4 is 14.4 Å². The number of rotatable bonds is 5. The lowest BCUT2D eigenvalue weighted by molar-refractivity contribution is -0.127. The summed E-state index contributed by atoms with van der Waals surface area (Å²) in [5, 5.41) is 10.8. The van der Waals surface area contributed by atoms with E-state index in [0.29, 0.717) is 29.1 Å². The zero-order valence-corrected chi connectivity index (χ0v) is 19.1. The average molecular weight is 472 g/mol. The van der Waals surface area contributed by atoms with E-state index in [2.05, 4.69) is 6.58 Å². The van der Waals surface area contributed by atoms with Crippen molar-refractivity contribution in [3.8, 4) is 17.2 Å². The molecule has 33 heavy (non-hydrogen) atoms. The first kappa shape index (κ1) is 22.9. The summed E-state index contributed by atoms with van der Waals surface area (Å²) in [4.78, 5) is 28.4. The Bertz CT molecular complexity index is 1210. The molecule has 1 fully saturated rings. The highest BCUT2D eigenvalue weighted by Crippen LogP contribution is 2.59. The molecule has 2 amide bonds. The number of hydrogen-bond donors (Lipinski definition) is 1. The van der Waals surface area contributed by atoms with Crippen LogP contribution in [0.2, 0.25) is 5.02 Å². The first-order valence-corrected chi connectivity index (χ1v) is 10.7. The molecule has 1 N–H and O–H groups in total. The standard InChI is InChI=1S/C25H23ClFNO5/c1-5-13-6-8-16-23(30)28(14-7-9-18(27)17(26)10-14)24(31)25(16,2)22(13)21-19(29)11-15(32-3)12-20(21)33-4/h5-7,9-12,16,22,29H,1,8H2,2-4H3. The van der Waals surface area contributed by atoms with Gasteiger partial charge in [-0.3, -0.25) is 9.59 Å². The zero-order chi connectivity index (χ0) is 24.1. The number of benzene rings is 2. The van der Waals surface area contributed by atoms with Crippen molar-refractivity contribution in [1.29, 1.82) is 0 Å². The molecule has 3 unspecified atom stereocenters. The second kappa shape index (κ2) is 8.23. The predicted molar refractivity (Wildman–Crippen MR) is 122 cm³/mol. The molecule has 8 heteroatoms. The largest absolute Gasteiger partial charge is 0.507 e. The van der Waals surface area contributed by atoms with E-state index in [0.717, 1.165) is 11.0 Å². The topological polar surface area (TPSA) is 76.1 Å². The molecule has 6 nitrogen and oxygen atoms in total. The Kier molecular flexibility index (Phi) is 5.70. The van der Waals surface area contributed by atoms with Crippen molar-refractivity contribution in [2.45, 2.75) is 19.3 Å². The normalized spacial score (nSPS) is 24.4. The molecule has 172 valence electrons. The number of hydrogen-bond acceptors (Lipinski definition) is 5. The first-order chi connectivity index (χ1) is 15.7. The van der Waals surface area contributed by atoms with Gasteiger partial charge in [0.15, 0.2) is 0 Å². The van der Waals surface area contributed by atoms with Crippen molar-refractivity contribution >= 4 is 29.1 Å². The van der Waals surface area contributed by atoms with Crippen LogP contribution in [-0.2, 0) is 9.59 Å². The van der Waals surface area contributed by atoms with E-state index in [1.54, 1.807) is 19.1 Å². The maximum atomic E-state index is 13.9. The van der Waals surface area contributed by atoms with Crippen LogP contribution in [0, 0.1) is 17.2 Å². The molecule has 2 aromatic carbocycles. The highest BCUT2D eigenvalue weighted by Gasteiger charge is 2.63. The number of carbonyl (C=O) groups is 2. The van der Waals surface area contributed by atoms with Gasteiger partial charge in [0.25, 0.3) is 0 Å². The smallest absolute Gasteiger partial charge is 0.241 e. The van der Waals surface area contributed by atoms with Gasteiger partial charge in [0.05, 0.1) is 36.3 Å². The number of carbonyl (C=O) groups excluding carboxylic acids is 2. The third-order valence-electron chi connectivity index (χ3n) is 6.66. The molecule has 1 saturated heterocycles. The van der Waals surface area contributed by atoms with E-state index in [1.165, 1.54) is 32.4 Å². The summed E-state index contributed by atoms with van der Waals surface area (Å²) in [7, 11) is 2.91. The van der Waals surface area contributed by atoms with Gasteiger partial charge in [-0.25, -0.2) is 9.29 Å². The number of fused-ring (bicyclic) bond motifs is 1. The molecule has 2 aromatic rings. The number of phenols is 1. The van der Waals surface area contributed by atoms with Crippen molar-refractivity contribution in [2.75, 3.05) is 19.1 Å². The molecular weight excluding hydrogens is 449 g/mol. The molecule has 1 aliphatic heterocycles. The number of anilines is 1. The van der Waals surface area contributed by atoms with Gasteiger partial charge in [-0.1, -0.05) is 30.3 Å². The summed E-state index contributed by atoms with van der Waals surface area (Å²) in [6.07, 6.45) is 3.77. The number of phenolic OH excluding ortho intramolecular Hbond substituents is 1. The molecule has 4 rings (SSSR count). The second-order valence-electron chi connectivity index (χ2n) is 8.25. The van der Waals surface area contributed by atoms with Crippen LogP contribution >= 0.6 is 11.6 Å². The van der Waals surface area contributed by atoms with Crippen LogP contribution in [0.15, 0.2) is 54.6 Å². The highest BCUT2D eigenvalue weighted by atomic mass is 35.5. The van der Waals surface area contributed by atoms with Gasteiger partial charge in [0.2, 0.25) is 11.8 Å². The fourth-order valence-electron chi connectivity index (χ4n) is 4.99. The summed E-state index contributed by atoms with van der Waals surface area (Å²) in [5.74, 6) is -2.42. The van der Waals surface area contributed by atoms with Crippen LogP contribution in [0.1, 0.15) is 24.8 Å². The third-order valence-corrected chi connectivity index (χ3v) is 6.95. The lowest BCUT2D eigenvalue weighted by atomic mass is 9.59. The number of allylic oxidation sites excluding steroid dienone is 3. The summed E-state index contributed by atoms with van der Waals surface area (Å²) in [5.41, 5.74) is -0.0310. The lowest BCUT2D eigenvalue weighted by Gasteiger charge is -2.40. The lowest BCUT2D eigenvalue weighted by Crippen LogP contribution is -2.41. The van der Waals surface area contributed by atoms with Gasteiger partial charge in [-0.2, -0.15) is 0 Å². The number of methoxy groups -OCH3 is 2.